The molecule has 4 heteroatoms. The van der Waals surface area contributed by atoms with E-state index in [4.69, 9.17) is 5.21 Å². The van der Waals surface area contributed by atoms with E-state index in [1.165, 1.54) is 19.2 Å². The van der Waals surface area contributed by atoms with Crippen LogP contribution in [-0.2, 0) is 6.54 Å². The molecule has 0 fully saturated rings. The SMILES string of the molecule is CN(O)Cc1cc(F)cc(F)c1. The number of hydroxylamine groups is 2. The van der Waals surface area contributed by atoms with Crippen molar-refractivity contribution in [2.45, 2.75) is 6.54 Å². The van der Waals surface area contributed by atoms with E-state index in [1.54, 1.807) is 0 Å². The summed E-state index contributed by atoms with van der Waals surface area (Å²) in [5.74, 6) is -1.27. The third-order valence-electron chi connectivity index (χ3n) is 1.33. The minimum Gasteiger partial charge on any atom is -0.314 e. The number of halogens is 2. The van der Waals surface area contributed by atoms with Gasteiger partial charge in [0.25, 0.3) is 0 Å². The molecule has 0 unspecified atom stereocenters. The van der Waals surface area contributed by atoms with Gasteiger partial charge in [0.2, 0.25) is 0 Å². The molecule has 0 atom stereocenters. The Morgan fingerprint density at radius 1 is 1.25 bits per heavy atom. The number of benzene rings is 1. The first-order valence-electron chi connectivity index (χ1n) is 3.43. The zero-order chi connectivity index (χ0) is 9.14. The summed E-state index contributed by atoms with van der Waals surface area (Å²) in [7, 11) is 1.41. The van der Waals surface area contributed by atoms with Crippen LogP contribution in [0.4, 0.5) is 8.78 Å². The highest BCUT2D eigenvalue weighted by atomic mass is 19.1. The summed E-state index contributed by atoms with van der Waals surface area (Å²) in [5.41, 5.74) is 0.400. The smallest absolute Gasteiger partial charge is 0.126 e. The van der Waals surface area contributed by atoms with Gasteiger partial charge in [-0.2, -0.15) is 5.06 Å². The zero-order valence-corrected chi connectivity index (χ0v) is 6.59. The van der Waals surface area contributed by atoms with Crippen molar-refractivity contribution < 1.29 is 14.0 Å². The molecule has 0 amide bonds. The normalized spacial score (nSPS) is 10.8. The van der Waals surface area contributed by atoms with Crippen LogP contribution < -0.4 is 0 Å². The van der Waals surface area contributed by atoms with Gasteiger partial charge in [-0.25, -0.2) is 8.78 Å². The third kappa shape index (κ3) is 2.56. The summed E-state index contributed by atoms with van der Waals surface area (Å²) in [4.78, 5) is 0. The fraction of sp³-hybridized carbons (Fsp3) is 0.250. The maximum Gasteiger partial charge on any atom is 0.126 e. The molecular weight excluding hydrogens is 164 g/mol. The quantitative estimate of drug-likeness (QED) is 0.689. The minimum atomic E-state index is -0.633. The lowest BCUT2D eigenvalue weighted by Crippen LogP contribution is -2.11. The molecule has 0 saturated heterocycles. The lowest BCUT2D eigenvalue weighted by Gasteiger charge is -2.07. The Bertz CT molecular complexity index is 256. The van der Waals surface area contributed by atoms with Gasteiger partial charge in [0.1, 0.15) is 11.6 Å². The van der Waals surface area contributed by atoms with Crippen LogP contribution >= 0.6 is 0 Å². The summed E-state index contributed by atoms with van der Waals surface area (Å²) in [6, 6.07) is 3.15. The second kappa shape index (κ2) is 3.60. The Labute approximate surface area is 69.0 Å². The first kappa shape index (κ1) is 9.09. The van der Waals surface area contributed by atoms with Gasteiger partial charge in [0.05, 0.1) is 0 Å². The predicted octanol–water partition coefficient (Wildman–Crippen LogP) is 1.79. The van der Waals surface area contributed by atoms with E-state index in [0.717, 1.165) is 11.1 Å². The molecule has 1 rings (SSSR count). The van der Waals surface area contributed by atoms with Gasteiger partial charge in [-0.3, -0.25) is 0 Å². The molecule has 0 spiro atoms. The fourth-order valence-corrected chi connectivity index (χ4v) is 0.966. The van der Waals surface area contributed by atoms with Crippen LogP contribution in [0.15, 0.2) is 18.2 Å². The van der Waals surface area contributed by atoms with E-state index < -0.39 is 11.6 Å². The molecule has 1 aromatic carbocycles. The molecule has 66 valence electrons. The van der Waals surface area contributed by atoms with Crippen LogP contribution in [0, 0.1) is 11.6 Å². The maximum absolute atomic E-state index is 12.5. The van der Waals surface area contributed by atoms with Crippen molar-refractivity contribution in [3.8, 4) is 0 Å². The molecule has 0 aromatic heterocycles. The second-order valence-corrected chi connectivity index (χ2v) is 2.59. The van der Waals surface area contributed by atoms with E-state index in [2.05, 4.69) is 0 Å². The fourth-order valence-electron chi connectivity index (χ4n) is 0.966. The van der Waals surface area contributed by atoms with Crippen LogP contribution in [0.2, 0.25) is 0 Å². The van der Waals surface area contributed by atoms with E-state index in [-0.39, 0.29) is 6.54 Å². The summed E-state index contributed by atoms with van der Waals surface area (Å²) in [6.45, 7) is 0.106. The summed E-state index contributed by atoms with van der Waals surface area (Å²) < 4.78 is 25.1. The summed E-state index contributed by atoms with van der Waals surface area (Å²) in [6.07, 6.45) is 0. The Morgan fingerprint density at radius 2 is 1.75 bits per heavy atom. The van der Waals surface area contributed by atoms with Crippen LogP contribution in [0.1, 0.15) is 5.56 Å². The van der Waals surface area contributed by atoms with Crippen LogP contribution in [0.5, 0.6) is 0 Å². The number of rotatable bonds is 2. The Kier molecular flexibility index (Phi) is 2.73. The molecule has 0 bridgehead atoms. The summed E-state index contributed by atoms with van der Waals surface area (Å²) >= 11 is 0. The lowest BCUT2D eigenvalue weighted by molar-refractivity contribution is -0.0732. The molecule has 0 saturated carbocycles. The lowest BCUT2D eigenvalue weighted by atomic mass is 10.2. The van der Waals surface area contributed by atoms with Gasteiger partial charge in [-0.05, 0) is 17.7 Å². The van der Waals surface area contributed by atoms with Gasteiger partial charge < -0.3 is 5.21 Å². The van der Waals surface area contributed by atoms with Crippen molar-refractivity contribution in [1.29, 1.82) is 0 Å². The largest absolute Gasteiger partial charge is 0.314 e. The van der Waals surface area contributed by atoms with E-state index >= 15 is 0 Å². The maximum atomic E-state index is 12.5. The Balaban J connectivity index is 2.85. The third-order valence-corrected chi connectivity index (χ3v) is 1.33. The van der Waals surface area contributed by atoms with Crippen LogP contribution in [-0.4, -0.2) is 17.3 Å². The first-order chi connectivity index (χ1) is 5.58. The molecular formula is C8H9F2NO. The molecule has 0 aliphatic rings. The molecule has 0 aliphatic heterocycles. The van der Waals surface area contributed by atoms with Crippen LogP contribution in [0.25, 0.3) is 0 Å². The monoisotopic (exact) mass is 173 g/mol. The average molecular weight is 173 g/mol. The highest BCUT2D eigenvalue weighted by molar-refractivity contribution is 5.17. The zero-order valence-electron chi connectivity index (χ0n) is 6.59. The summed E-state index contributed by atoms with van der Waals surface area (Å²) in [5, 5.41) is 9.63. The standard InChI is InChI=1S/C8H9F2NO/c1-11(12)5-6-2-7(9)4-8(10)3-6/h2-4,12H,5H2,1H3. The molecule has 0 aliphatic carbocycles. The highest BCUT2D eigenvalue weighted by Gasteiger charge is 2.01. The van der Waals surface area contributed by atoms with Gasteiger partial charge in [-0.15, -0.1) is 0 Å². The van der Waals surface area contributed by atoms with Crippen molar-refractivity contribution in [1.82, 2.24) is 5.06 Å². The van der Waals surface area contributed by atoms with Crippen molar-refractivity contribution in [3.05, 3.63) is 35.4 Å². The molecule has 1 N–H and O–H groups in total. The Morgan fingerprint density at radius 3 is 2.17 bits per heavy atom. The van der Waals surface area contributed by atoms with Gasteiger partial charge in [0, 0.05) is 19.7 Å². The average Bonchev–Trinajstić information content (AvgIpc) is 1.81. The Hall–Kier alpha value is -1.00. The second-order valence-electron chi connectivity index (χ2n) is 2.59. The van der Waals surface area contributed by atoms with Crippen molar-refractivity contribution in [3.63, 3.8) is 0 Å². The first-order valence-corrected chi connectivity index (χ1v) is 3.43. The van der Waals surface area contributed by atoms with Gasteiger partial charge in [-0.1, -0.05) is 0 Å². The molecule has 12 heavy (non-hydrogen) atoms. The predicted molar refractivity (Wildman–Crippen MR) is 39.6 cm³/mol. The van der Waals surface area contributed by atoms with E-state index in [9.17, 15) is 8.78 Å². The van der Waals surface area contributed by atoms with Gasteiger partial charge in [0.15, 0.2) is 0 Å². The molecule has 2 nitrogen and oxygen atoms in total. The van der Waals surface area contributed by atoms with E-state index in [1.807, 2.05) is 0 Å². The van der Waals surface area contributed by atoms with Crippen molar-refractivity contribution in [2.75, 3.05) is 7.05 Å². The number of hydrogen-bond acceptors (Lipinski definition) is 2. The molecule has 1 aromatic rings. The van der Waals surface area contributed by atoms with Gasteiger partial charge >= 0.3 is 0 Å². The molecule has 0 radical (unpaired) electrons. The van der Waals surface area contributed by atoms with Crippen LogP contribution in [0.3, 0.4) is 0 Å². The minimum absolute atomic E-state index is 0.106. The highest BCUT2D eigenvalue weighted by Crippen LogP contribution is 2.08. The number of nitrogens with zero attached hydrogens (tertiary/aromatic N) is 1. The van der Waals surface area contributed by atoms with E-state index in [0.29, 0.717) is 5.56 Å². The number of hydrogen-bond donors (Lipinski definition) is 1. The molecule has 0 heterocycles. The van der Waals surface area contributed by atoms with Crippen molar-refractivity contribution in [2.24, 2.45) is 0 Å². The van der Waals surface area contributed by atoms with Crippen molar-refractivity contribution >= 4 is 0 Å². The topological polar surface area (TPSA) is 23.5 Å².